The molecule has 162 valence electrons. The molecule has 2 fully saturated rings. The van der Waals surface area contributed by atoms with E-state index in [1.165, 1.54) is 4.88 Å². The summed E-state index contributed by atoms with van der Waals surface area (Å²) in [6.45, 7) is 6.05. The number of methoxy groups -OCH3 is 1. The Morgan fingerprint density at radius 1 is 1.20 bits per heavy atom. The fourth-order valence-electron chi connectivity index (χ4n) is 4.26. The van der Waals surface area contributed by atoms with Crippen LogP contribution >= 0.6 is 11.3 Å². The van der Waals surface area contributed by atoms with E-state index >= 15 is 0 Å². The summed E-state index contributed by atoms with van der Waals surface area (Å²) in [7, 11) is 1.70. The summed E-state index contributed by atoms with van der Waals surface area (Å²) >= 11 is 1.75. The van der Waals surface area contributed by atoms with E-state index in [2.05, 4.69) is 33.4 Å². The van der Waals surface area contributed by atoms with Crippen LogP contribution in [0.2, 0.25) is 0 Å². The molecule has 0 aliphatic carbocycles. The first-order valence-electron chi connectivity index (χ1n) is 10.7. The van der Waals surface area contributed by atoms with Crippen molar-refractivity contribution < 1.29 is 14.3 Å². The number of amides is 1. The molecule has 1 aromatic heterocycles. The van der Waals surface area contributed by atoms with Gasteiger partial charge < -0.3 is 19.3 Å². The van der Waals surface area contributed by atoms with Gasteiger partial charge >= 0.3 is 0 Å². The number of nitrogens with zero attached hydrogens (tertiary/aromatic N) is 3. The topological polar surface area (TPSA) is 45.2 Å². The van der Waals surface area contributed by atoms with E-state index in [0.29, 0.717) is 6.54 Å². The average Bonchev–Trinajstić information content (AvgIpc) is 3.48. The second kappa shape index (κ2) is 10.3. The molecular weight excluding hydrogens is 398 g/mol. The van der Waals surface area contributed by atoms with Crippen LogP contribution in [0, 0.1) is 0 Å². The van der Waals surface area contributed by atoms with Crippen LogP contribution in [0.25, 0.3) is 0 Å². The van der Waals surface area contributed by atoms with Gasteiger partial charge in [0.15, 0.2) is 0 Å². The van der Waals surface area contributed by atoms with Gasteiger partial charge in [-0.2, -0.15) is 0 Å². The van der Waals surface area contributed by atoms with Crippen LogP contribution in [-0.4, -0.2) is 74.8 Å². The first-order valence-corrected chi connectivity index (χ1v) is 11.6. The predicted octanol–water partition coefficient (Wildman–Crippen LogP) is 3.09. The van der Waals surface area contributed by atoms with Crippen molar-refractivity contribution in [1.82, 2.24) is 9.80 Å². The summed E-state index contributed by atoms with van der Waals surface area (Å²) in [6.07, 6.45) is 2.46. The van der Waals surface area contributed by atoms with Gasteiger partial charge in [-0.15, -0.1) is 11.3 Å². The summed E-state index contributed by atoms with van der Waals surface area (Å²) in [6, 6.07) is 12.3. The summed E-state index contributed by atoms with van der Waals surface area (Å²) < 4.78 is 11.3. The monoisotopic (exact) mass is 429 g/mol. The molecule has 2 aliphatic heterocycles. The lowest BCUT2D eigenvalue weighted by atomic mass is 10.2. The van der Waals surface area contributed by atoms with Crippen LogP contribution in [0.15, 0.2) is 41.8 Å². The molecule has 4 rings (SSSR count). The Morgan fingerprint density at radius 2 is 2.03 bits per heavy atom. The third-order valence-corrected chi connectivity index (χ3v) is 6.72. The van der Waals surface area contributed by atoms with Crippen molar-refractivity contribution in [2.24, 2.45) is 0 Å². The van der Waals surface area contributed by atoms with Crippen LogP contribution in [0.3, 0.4) is 0 Å². The lowest BCUT2D eigenvalue weighted by Crippen LogP contribution is -2.51. The fourth-order valence-corrected chi connectivity index (χ4v) is 5.01. The molecule has 0 unspecified atom stereocenters. The van der Waals surface area contributed by atoms with Crippen molar-refractivity contribution in [3.63, 3.8) is 0 Å². The second-order valence-electron chi connectivity index (χ2n) is 7.92. The summed E-state index contributed by atoms with van der Waals surface area (Å²) in [5, 5.41) is 2.10. The quantitative estimate of drug-likeness (QED) is 0.645. The highest BCUT2D eigenvalue weighted by Gasteiger charge is 2.26. The van der Waals surface area contributed by atoms with Gasteiger partial charge in [-0.1, -0.05) is 18.2 Å². The fraction of sp³-hybridized carbons (Fsp3) is 0.522. The van der Waals surface area contributed by atoms with Gasteiger partial charge in [0.05, 0.1) is 25.4 Å². The number of rotatable bonds is 8. The summed E-state index contributed by atoms with van der Waals surface area (Å²) in [5.74, 6) is 1.10. The third kappa shape index (κ3) is 5.33. The van der Waals surface area contributed by atoms with Crippen LogP contribution in [0.5, 0.6) is 5.75 Å². The van der Waals surface area contributed by atoms with E-state index in [1.54, 1.807) is 18.4 Å². The zero-order chi connectivity index (χ0) is 20.8. The molecule has 0 spiro atoms. The maximum atomic E-state index is 13.1. The molecule has 3 heterocycles. The van der Waals surface area contributed by atoms with Crippen LogP contribution < -0.4 is 9.64 Å². The maximum absolute atomic E-state index is 13.1. The Hall–Kier alpha value is -2.09. The minimum absolute atomic E-state index is 0.212. The van der Waals surface area contributed by atoms with E-state index in [0.717, 1.165) is 70.2 Å². The molecule has 2 saturated heterocycles. The molecule has 6 nitrogen and oxygen atoms in total. The van der Waals surface area contributed by atoms with Crippen molar-refractivity contribution in [3.8, 4) is 5.75 Å². The number of hydrogen-bond donors (Lipinski definition) is 0. The average molecular weight is 430 g/mol. The van der Waals surface area contributed by atoms with E-state index in [1.807, 2.05) is 23.1 Å². The Balaban J connectivity index is 1.33. The molecule has 1 atom stereocenters. The summed E-state index contributed by atoms with van der Waals surface area (Å²) in [4.78, 5) is 20.9. The van der Waals surface area contributed by atoms with Crippen LogP contribution in [0.1, 0.15) is 17.7 Å². The highest BCUT2D eigenvalue weighted by molar-refractivity contribution is 7.09. The van der Waals surface area contributed by atoms with Gasteiger partial charge in [0, 0.05) is 50.8 Å². The number of thiophene rings is 1. The minimum Gasteiger partial charge on any atom is -0.495 e. The van der Waals surface area contributed by atoms with Crippen molar-refractivity contribution in [1.29, 1.82) is 0 Å². The van der Waals surface area contributed by atoms with Gasteiger partial charge in [0.2, 0.25) is 5.91 Å². The molecule has 0 N–H and O–H groups in total. The Kier molecular flexibility index (Phi) is 7.25. The van der Waals surface area contributed by atoms with Crippen molar-refractivity contribution in [3.05, 3.63) is 46.7 Å². The largest absolute Gasteiger partial charge is 0.495 e. The van der Waals surface area contributed by atoms with Crippen molar-refractivity contribution >= 4 is 22.9 Å². The SMILES string of the molecule is COc1ccccc1N1CCN(C(=O)CN(Cc2cccs2)C[C@@H]2CCCO2)CC1. The van der Waals surface area contributed by atoms with Crippen molar-refractivity contribution in [2.45, 2.75) is 25.5 Å². The van der Waals surface area contributed by atoms with Gasteiger partial charge in [-0.25, -0.2) is 0 Å². The number of anilines is 1. The zero-order valence-corrected chi connectivity index (χ0v) is 18.5. The smallest absolute Gasteiger partial charge is 0.236 e. The highest BCUT2D eigenvalue weighted by Crippen LogP contribution is 2.28. The predicted molar refractivity (Wildman–Crippen MR) is 120 cm³/mol. The van der Waals surface area contributed by atoms with E-state index in [-0.39, 0.29) is 12.0 Å². The molecule has 1 amide bonds. The molecule has 30 heavy (non-hydrogen) atoms. The van der Waals surface area contributed by atoms with Gasteiger partial charge in [-0.3, -0.25) is 9.69 Å². The molecule has 7 heteroatoms. The number of hydrogen-bond acceptors (Lipinski definition) is 6. The van der Waals surface area contributed by atoms with Crippen molar-refractivity contribution in [2.75, 3.05) is 57.9 Å². The molecular formula is C23H31N3O3S. The number of para-hydroxylation sites is 2. The zero-order valence-electron chi connectivity index (χ0n) is 17.7. The van der Waals surface area contributed by atoms with Gasteiger partial charge in [0.25, 0.3) is 0 Å². The van der Waals surface area contributed by atoms with Gasteiger partial charge in [-0.05, 0) is 36.4 Å². The number of carbonyl (C=O) groups excluding carboxylic acids is 1. The molecule has 0 radical (unpaired) electrons. The first kappa shape index (κ1) is 21.2. The molecule has 1 aromatic carbocycles. The Labute approximate surface area is 183 Å². The maximum Gasteiger partial charge on any atom is 0.236 e. The van der Waals surface area contributed by atoms with E-state index in [4.69, 9.17) is 9.47 Å². The number of benzene rings is 1. The lowest BCUT2D eigenvalue weighted by Gasteiger charge is -2.37. The van der Waals surface area contributed by atoms with E-state index < -0.39 is 0 Å². The Bertz CT molecular complexity index is 800. The van der Waals surface area contributed by atoms with Gasteiger partial charge in [0.1, 0.15) is 5.75 Å². The Morgan fingerprint density at radius 3 is 2.73 bits per heavy atom. The third-order valence-electron chi connectivity index (χ3n) is 5.86. The first-order chi connectivity index (χ1) is 14.7. The normalized spacial score (nSPS) is 19.5. The molecule has 2 aromatic rings. The number of carbonyl (C=O) groups is 1. The lowest BCUT2D eigenvalue weighted by molar-refractivity contribution is -0.133. The van der Waals surface area contributed by atoms with Crippen LogP contribution in [-0.2, 0) is 16.1 Å². The highest BCUT2D eigenvalue weighted by atomic mass is 32.1. The minimum atomic E-state index is 0.212. The second-order valence-corrected chi connectivity index (χ2v) is 8.96. The summed E-state index contributed by atoms with van der Waals surface area (Å²) in [5.41, 5.74) is 1.10. The molecule has 2 aliphatic rings. The number of ether oxygens (including phenoxy) is 2. The van der Waals surface area contributed by atoms with E-state index in [9.17, 15) is 4.79 Å². The standard InChI is InChI=1S/C23H31N3O3S/c1-28-22-9-3-2-8-21(22)25-10-12-26(13-11-25)23(27)18-24(16-19-6-4-14-29-19)17-20-7-5-15-30-20/h2-3,5,7-9,15,19H,4,6,10-14,16-18H2,1H3/t19-/m0/s1. The number of piperazine rings is 1. The van der Waals surface area contributed by atoms with Crippen LogP contribution in [0.4, 0.5) is 5.69 Å². The molecule has 0 saturated carbocycles. The molecule has 0 bridgehead atoms.